The van der Waals surface area contributed by atoms with Crippen molar-refractivity contribution in [3.8, 4) is 0 Å². The number of nitrogens with one attached hydrogen (secondary N) is 1. The van der Waals surface area contributed by atoms with Crippen LogP contribution in [0.1, 0.15) is 12.0 Å². The highest BCUT2D eigenvalue weighted by Crippen LogP contribution is 2.15. The van der Waals surface area contributed by atoms with Crippen LogP contribution in [-0.2, 0) is 4.79 Å². The Hall–Kier alpha value is -1.51. The molecule has 0 bridgehead atoms. The molecule has 0 aliphatic carbocycles. The van der Waals surface area contributed by atoms with Crippen molar-refractivity contribution in [1.82, 2.24) is 5.32 Å². The van der Waals surface area contributed by atoms with Gasteiger partial charge >= 0.3 is 0 Å². The van der Waals surface area contributed by atoms with Crippen molar-refractivity contribution in [2.75, 3.05) is 24.5 Å². The van der Waals surface area contributed by atoms with Crippen LogP contribution in [0.4, 0.5) is 5.69 Å². The molecule has 0 spiro atoms. The first-order valence-corrected chi connectivity index (χ1v) is 5.34. The topological polar surface area (TPSA) is 32.3 Å². The first-order chi connectivity index (χ1) is 7.25. The molecular formula is C12H16N2O. The van der Waals surface area contributed by atoms with Gasteiger partial charge in [0.2, 0.25) is 5.91 Å². The lowest BCUT2D eigenvalue weighted by Gasteiger charge is -2.21. The molecule has 2 rings (SSSR count). The molecule has 1 N–H and O–H groups in total. The van der Waals surface area contributed by atoms with Crippen molar-refractivity contribution in [2.24, 2.45) is 0 Å². The zero-order valence-corrected chi connectivity index (χ0v) is 8.99. The highest BCUT2D eigenvalue weighted by Gasteiger charge is 2.13. The third-order valence-corrected chi connectivity index (χ3v) is 2.71. The largest absolute Gasteiger partial charge is 0.369 e. The summed E-state index contributed by atoms with van der Waals surface area (Å²) in [6, 6.07) is 8.45. The van der Waals surface area contributed by atoms with Crippen LogP contribution in [0, 0.1) is 6.92 Å². The van der Waals surface area contributed by atoms with Gasteiger partial charge < -0.3 is 10.2 Å². The van der Waals surface area contributed by atoms with Crippen molar-refractivity contribution >= 4 is 11.6 Å². The maximum Gasteiger partial charge on any atom is 0.221 e. The molecule has 1 heterocycles. The third-order valence-electron chi connectivity index (χ3n) is 2.71. The molecule has 1 aromatic rings. The van der Waals surface area contributed by atoms with E-state index in [4.69, 9.17) is 0 Å². The predicted molar refractivity (Wildman–Crippen MR) is 61.0 cm³/mol. The molecular weight excluding hydrogens is 188 g/mol. The number of rotatable bonds is 1. The lowest BCUT2D eigenvalue weighted by molar-refractivity contribution is -0.120. The lowest BCUT2D eigenvalue weighted by Crippen LogP contribution is -2.28. The molecule has 1 amide bonds. The minimum atomic E-state index is 0.157. The second kappa shape index (κ2) is 4.34. The van der Waals surface area contributed by atoms with Crippen LogP contribution in [0.2, 0.25) is 0 Å². The quantitative estimate of drug-likeness (QED) is 0.748. The van der Waals surface area contributed by atoms with Crippen molar-refractivity contribution in [1.29, 1.82) is 0 Å². The Morgan fingerprint density at radius 3 is 2.67 bits per heavy atom. The number of aryl methyl sites for hydroxylation is 1. The van der Waals surface area contributed by atoms with E-state index in [9.17, 15) is 4.79 Å². The van der Waals surface area contributed by atoms with Gasteiger partial charge in [0.1, 0.15) is 0 Å². The summed E-state index contributed by atoms with van der Waals surface area (Å²) in [7, 11) is 0. The predicted octanol–water partition coefficient (Wildman–Crippen LogP) is 1.32. The molecule has 1 aromatic carbocycles. The third kappa shape index (κ3) is 2.49. The molecule has 0 radical (unpaired) electrons. The number of amides is 1. The molecule has 3 nitrogen and oxygen atoms in total. The summed E-state index contributed by atoms with van der Waals surface area (Å²) in [6.45, 7) is 4.54. The molecule has 1 aliphatic rings. The van der Waals surface area contributed by atoms with Crippen molar-refractivity contribution in [2.45, 2.75) is 13.3 Å². The fourth-order valence-electron chi connectivity index (χ4n) is 1.78. The molecule has 0 atom stereocenters. The molecule has 15 heavy (non-hydrogen) atoms. The minimum Gasteiger partial charge on any atom is -0.369 e. The van der Waals surface area contributed by atoms with Gasteiger partial charge in [-0.15, -0.1) is 0 Å². The summed E-state index contributed by atoms with van der Waals surface area (Å²) in [4.78, 5) is 13.4. The summed E-state index contributed by atoms with van der Waals surface area (Å²) < 4.78 is 0. The molecule has 1 aliphatic heterocycles. The molecule has 0 saturated carbocycles. The van der Waals surface area contributed by atoms with Crippen LogP contribution in [0.15, 0.2) is 24.3 Å². The zero-order chi connectivity index (χ0) is 10.7. The SMILES string of the molecule is Cc1ccc(N2CCNC(=O)CC2)cc1. The summed E-state index contributed by atoms with van der Waals surface area (Å²) in [6.07, 6.45) is 0.591. The number of benzene rings is 1. The first kappa shape index (κ1) is 10.0. The summed E-state index contributed by atoms with van der Waals surface area (Å²) in [5, 5.41) is 2.88. The van der Waals surface area contributed by atoms with Crippen molar-refractivity contribution in [3.05, 3.63) is 29.8 Å². The van der Waals surface area contributed by atoms with E-state index in [-0.39, 0.29) is 5.91 Å². The van der Waals surface area contributed by atoms with E-state index in [2.05, 4.69) is 41.4 Å². The molecule has 3 heteroatoms. The Bertz CT molecular complexity index is 345. The van der Waals surface area contributed by atoms with Gasteiger partial charge in [-0.05, 0) is 19.1 Å². The molecule has 80 valence electrons. The lowest BCUT2D eigenvalue weighted by atomic mass is 10.2. The number of carbonyl (C=O) groups excluding carboxylic acids is 1. The number of anilines is 1. The summed E-state index contributed by atoms with van der Waals surface area (Å²) >= 11 is 0. The highest BCUT2D eigenvalue weighted by atomic mass is 16.1. The van der Waals surface area contributed by atoms with Gasteiger partial charge in [-0.2, -0.15) is 0 Å². The van der Waals surface area contributed by atoms with Crippen LogP contribution in [0.5, 0.6) is 0 Å². The highest BCUT2D eigenvalue weighted by molar-refractivity contribution is 5.77. The summed E-state index contributed by atoms with van der Waals surface area (Å²) in [5.41, 5.74) is 2.47. The van der Waals surface area contributed by atoms with Gasteiger partial charge in [0, 0.05) is 31.7 Å². The molecule has 0 aromatic heterocycles. The maximum absolute atomic E-state index is 11.2. The Kier molecular flexibility index (Phi) is 2.90. The van der Waals surface area contributed by atoms with E-state index in [1.807, 2.05) is 0 Å². The average molecular weight is 204 g/mol. The number of carbonyl (C=O) groups is 1. The van der Waals surface area contributed by atoms with Crippen molar-refractivity contribution < 1.29 is 4.79 Å². The van der Waals surface area contributed by atoms with E-state index in [1.54, 1.807) is 0 Å². The van der Waals surface area contributed by atoms with E-state index in [1.165, 1.54) is 11.3 Å². The average Bonchev–Trinajstić information content (AvgIpc) is 2.44. The Morgan fingerprint density at radius 2 is 1.93 bits per heavy atom. The van der Waals surface area contributed by atoms with Crippen LogP contribution in [0.25, 0.3) is 0 Å². The van der Waals surface area contributed by atoms with Crippen LogP contribution in [-0.4, -0.2) is 25.5 Å². The standard InChI is InChI=1S/C12H16N2O/c1-10-2-4-11(5-3-10)14-8-6-12(15)13-7-9-14/h2-5H,6-9H2,1H3,(H,13,15). The molecule has 1 fully saturated rings. The van der Waals surface area contributed by atoms with Gasteiger partial charge in [0.05, 0.1) is 0 Å². The summed E-state index contributed by atoms with van der Waals surface area (Å²) in [5.74, 6) is 0.157. The van der Waals surface area contributed by atoms with Crippen LogP contribution in [0.3, 0.4) is 0 Å². The smallest absolute Gasteiger partial charge is 0.221 e. The van der Waals surface area contributed by atoms with Gasteiger partial charge in [-0.25, -0.2) is 0 Å². The number of hydrogen-bond donors (Lipinski definition) is 1. The van der Waals surface area contributed by atoms with Gasteiger partial charge in [-0.1, -0.05) is 17.7 Å². The number of nitrogens with zero attached hydrogens (tertiary/aromatic N) is 1. The normalized spacial score (nSPS) is 17.1. The van der Waals surface area contributed by atoms with Gasteiger partial charge in [0.25, 0.3) is 0 Å². The molecule has 0 unspecified atom stereocenters. The van der Waals surface area contributed by atoms with Crippen LogP contribution >= 0.6 is 0 Å². The Morgan fingerprint density at radius 1 is 1.20 bits per heavy atom. The minimum absolute atomic E-state index is 0.157. The fraction of sp³-hybridized carbons (Fsp3) is 0.417. The second-order valence-corrected chi connectivity index (χ2v) is 3.92. The van der Waals surface area contributed by atoms with Gasteiger partial charge in [0.15, 0.2) is 0 Å². The fourth-order valence-corrected chi connectivity index (χ4v) is 1.78. The van der Waals surface area contributed by atoms with E-state index in [0.29, 0.717) is 6.42 Å². The first-order valence-electron chi connectivity index (χ1n) is 5.34. The van der Waals surface area contributed by atoms with E-state index < -0.39 is 0 Å². The van der Waals surface area contributed by atoms with Gasteiger partial charge in [-0.3, -0.25) is 4.79 Å². The second-order valence-electron chi connectivity index (χ2n) is 3.92. The van der Waals surface area contributed by atoms with E-state index >= 15 is 0 Å². The number of hydrogen-bond acceptors (Lipinski definition) is 2. The Labute approximate surface area is 90.1 Å². The monoisotopic (exact) mass is 204 g/mol. The molecule has 1 saturated heterocycles. The van der Waals surface area contributed by atoms with Crippen LogP contribution < -0.4 is 10.2 Å². The maximum atomic E-state index is 11.2. The zero-order valence-electron chi connectivity index (χ0n) is 8.99. The van der Waals surface area contributed by atoms with Crippen molar-refractivity contribution in [3.63, 3.8) is 0 Å². The Balaban J connectivity index is 2.09. The van der Waals surface area contributed by atoms with E-state index in [0.717, 1.165) is 19.6 Å².